The molecular formula is C15H17NO2. The lowest BCUT2D eigenvalue weighted by atomic mass is 10.1. The van der Waals surface area contributed by atoms with Crippen LogP contribution in [0.15, 0.2) is 48.5 Å². The summed E-state index contributed by atoms with van der Waals surface area (Å²) in [5.41, 5.74) is 2.73. The lowest BCUT2D eigenvalue weighted by Gasteiger charge is -2.09. The first-order valence-corrected chi connectivity index (χ1v) is 6.00. The molecule has 0 radical (unpaired) electrons. The normalized spacial score (nSPS) is 10.3. The van der Waals surface area contributed by atoms with Gasteiger partial charge in [0.15, 0.2) is 0 Å². The van der Waals surface area contributed by atoms with Gasteiger partial charge in [0.25, 0.3) is 0 Å². The summed E-state index contributed by atoms with van der Waals surface area (Å²) < 4.78 is 0. The molecule has 0 saturated carbocycles. The minimum absolute atomic E-state index is 0.131. The topological polar surface area (TPSA) is 52.5 Å². The SMILES string of the molecule is OCc1cc(NCCc2ccccc2)ccc1O. The molecule has 2 aromatic rings. The molecule has 0 aliphatic carbocycles. The average Bonchev–Trinajstić information content (AvgIpc) is 2.42. The fourth-order valence-corrected chi connectivity index (χ4v) is 1.82. The summed E-state index contributed by atoms with van der Waals surface area (Å²) in [5, 5.41) is 21.8. The van der Waals surface area contributed by atoms with Crippen molar-refractivity contribution < 1.29 is 10.2 Å². The number of hydrogen-bond donors (Lipinski definition) is 3. The molecule has 3 heteroatoms. The van der Waals surface area contributed by atoms with Gasteiger partial charge in [-0.05, 0) is 30.2 Å². The monoisotopic (exact) mass is 243 g/mol. The Kier molecular flexibility index (Phi) is 4.20. The van der Waals surface area contributed by atoms with Crippen molar-refractivity contribution in [1.29, 1.82) is 0 Å². The lowest BCUT2D eigenvalue weighted by Crippen LogP contribution is -2.05. The highest BCUT2D eigenvalue weighted by atomic mass is 16.3. The van der Waals surface area contributed by atoms with E-state index in [-0.39, 0.29) is 12.4 Å². The van der Waals surface area contributed by atoms with Crippen molar-refractivity contribution in [2.75, 3.05) is 11.9 Å². The number of rotatable bonds is 5. The molecule has 0 spiro atoms. The number of benzene rings is 2. The van der Waals surface area contributed by atoms with E-state index in [1.807, 2.05) is 18.2 Å². The van der Waals surface area contributed by atoms with Crippen LogP contribution >= 0.6 is 0 Å². The van der Waals surface area contributed by atoms with E-state index in [9.17, 15) is 5.11 Å². The van der Waals surface area contributed by atoms with E-state index in [4.69, 9.17) is 5.11 Å². The Hall–Kier alpha value is -2.00. The van der Waals surface area contributed by atoms with Gasteiger partial charge in [-0.1, -0.05) is 30.3 Å². The molecule has 3 N–H and O–H groups in total. The molecule has 2 rings (SSSR count). The van der Waals surface area contributed by atoms with Crippen LogP contribution in [0.1, 0.15) is 11.1 Å². The highest BCUT2D eigenvalue weighted by Gasteiger charge is 2.01. The summed E-state index contributed by atoms with van der Waals surface area (Å²) in [6, 6.07) is 15.4. The van der Waals surface area contributed by atoms with Crippen molar-refractivity contribution >= 4 is 5.69 Å². The summed E-state index contributed by atoms with van der Waals surface area (Å²) in [4.78, 5) is 0. The fourth-order valence-electron chi connectivity index (χ4n) is 1.82. The van der Waals surface area contributed by atoms with Gasteiger partial charge in [0.2, 0.25) is 0 Å². The Labute approximate surface area is 107 Å². The van der Waals surface area contributed by atoms with E-state index in [0.717, 1.165) is 18.7 Å². The maximum absolute atomic E-state index is 9.45. The molecule has 0 saturated heterocycles. The second-order valence-corrected chi connectivity index (χ2v) is 4.16. The summed E-state index contributed by atoms with van der Waals surface area (Å²) >= 11 is 0. The van der Waals surface area contributed by atoms with Crippen LogP contribution in [0, 0.1) is 0 Å². The van der Waals surface area contributed by atoms with Crippen molar-refractivity contribution in [2.24, 2.45) is 0 Å². The largest absolute Gasteiger partial charge is 0.508 e. The summed E-state index contributed by atoms with van der Waals surface area (Å²) in [6.07, 6.45) is 0.941. The molecule has 0 amide bonds. The molecule has 2 aromatic carbocycles. The van der Waals surface area contributed by atoms with Crippen LogP contribution in [0.25, 0.3) is 0 Å². The second-order valence-electron chi connectivity index (χ2n) is 4.16. The average molecular weight is 243 g/mol. The maximum atomic E-state index is 9.45. The highest BCUT2D eigenvalue weighted by Crippen LogP contribution is 2.21. The van der Waals surface area contributed by atoms with Crippen LogP contribution in [0.5, 0.6) is 5.75 Å². The van der Waals surface area contributed by atoms with Gasteiger partial charge in [-0.15, -0.1) is 0 Å². The summed E-state index contributed by atoms with van der Waals surface area (Å²) in [6.45, 7) is 0.666. The van der Waals surface area contributed by atoms with Gasteiger partial charge in [-0.2, -0.15) is 0 Å². The van der Waals surface area contributed by atoms with Crippen LogP contribution in [-0.4, -0.2) is 16.8 Å². The van der Waals surface area contributed by atoms with Gasteiger partial charge in [0, 0.05) is 17.8 Å². The Morgan fingerprint density at radius 2 is 1.78 bits per heavy atom. The van der Waals surface area contributed by atoms with Crippen LogP contribution in [0.3, 0.4) is 0 Å². The molecule has 0 heterocycles. The molecule has 94 valence electrons. The van der Waals surface area contributed by atoms with Gasteiger partial charge in [-0.25, -0.2) is 0 Å². The Morgan fingerprint density at radius 1 is 1.00 bits per heavy atom. The maximum Gasteiger partial charge on any atom is 0.121 e. The molecule has 0 atom stereocenters. The number of aromatic hydroxyl groups is 1. The first-order valence-electron chi connectivity index (χ1n) is 6.00. The number of phenols is 1. The predicted molar refractivity (Wildman–Crippen MR) is 72.7 cm³/mol. The van der Waals surface area contributed by atoms with Crippen LogP contribution in [-0.2, 0) is 13.0 Å². The van der Waals surface area contributed by atoms with E-state index in [1.54, 1.807) is 18.2 Å². The molecule has 3 nitrogen and oxygen atoms in total. The number of anilines is 1. The van der Waals surface area contributed by atoms with Crippen LogP contribution in [0.2, 0.25) is 0 Å². The number of nitrogens with one attached hydrogen (secondary N) is 1. The third kappa shape index (κ3) is 3.25. The number of aliphatic hydroxyl groups excluding tert-OH is 1. The second kappa shape index (κ2) is 6.07. The number of aliphatic hydroxyl groups is 1. The summed E-state index contributed by atoms with van der Waals surface area (Å²) in [5.74, 6) is 0.131. The minimum Gasteiger partial charge on any atom is -0.508 e. The molecule has 18 heavy (non-hydrogen) atoms. The summed E-state index contributed by atoms with van der Waals surface area (Å²) in [7, 11) is 0. The standard InChI is InChI=1S/C15H17NO2/c17-11-13-10-14(6-7-15(13)18)16-9-8-12-4-2-1-3-5-12/h1-7,10,16-18H,8-9,11H2. The van der Waals surface area contributed by atoms with E-state index in [2.05, 4.69) is 17.4 Å². The van der Waals surface area contributed by atoms with Crippen molar-refractivity contribution in [3.8, 4) is 5.75 Å². The third-order valence-electron chi connectivity index (χ3n) is 2.84. The zero-order valence-corrected chi connectivity index (χ0v) is 10.1. The quantitative estimate of drug-likeness (QED) is 0.707. The number of hydrogen-bond acceptors (Lipinski definition) is 3. The van der Waals surface area contributed by atoms with Crippen molar-refractivity contribution in [2.45, 2.75) is 13.0 Å². The molecule has 0 aromatic heterocycles. The van der Waals surface area contributed by atoms with E-state index >= 15 is 0 Å². The fraction of sp³-hybridized carbons (Fsp3) is 0.200. The van der Waals surface area contributed by atoms with E-state index in [1.165, 1.54) is 5.56 Å². The van der Waals surface area contributed by atoms with Crippen LogP contribution in [0.4, 0.5) is 5.69 Å². The van der Waals surface area contributed by atoms with Crippen molar-refractivity contribution in [3.05, 3.63) is 59.7 Å². The minimum atomic E-state index is -0.153. The first-order chi connectivity index (χ1) is 8.79. The third-order valence-corrected chi connectivity index (χ3v) is 2.84. The van der Waals surface area contributed by atoms with E-state index < -0.39 is 0 Å². The predicted octanol–water partition coefficient (Wildman–Crippen LogP) is 2.54. The molecule has 0 fully saturated rings. The van der Waals surface area contributed by atoms with Crippen molar-refractivity contribution in [3.63, 3.8) is 0 Å². The van der Waals surface area contributed by atoms with Gasteiger partial charge in [0.1, 0.15) is 5.75 Å². The zero-order valence-electron chi connectivity index (χ0n) is 10.1. The van der Waals surface area contributed by atoms with E-state index in [0.29, 0.717) is 5.56 Å². The molecule has 0 aliphatic heterocycles. The zero-order chi connectivity index (χ0) is 12.8. The smallest absolute Gasteiger partial charge is 0.121 e. The van der Waals surface area contributed by atoms with Gasteiger partial charge < -0.3 is 15.5 Å². The lowest BCUT2D eigenvalue weighted by molar-refractivity contribution is 0.275. The molecule has 0 aliphatic rings. The van der Waals surface area contributed by atoms with Gasteiger partial charge >= 0.3 is 0 Å². The Balaban J connectivity index is 1.91. The molecule has 0 unspecified atom stereocenters. The Morgan fingerprint density at radius 3 is 2.50 bits per heavy atom. The van der Waals surface area contributed by atoms with Gasteiger partial charge in [-0.3, -0.25) is 0 Å². The molecule has 0 bridgehead atoms. The highest BCUT2D eigenvalue weighted by molar-refractivity contribution is 5.50. The van der Waals surface area contributed by atoms with Crippen molar-refractivity contribution in [1.82, 2.24) is 0 Å². The van der Waals surface area contributed by atoms with Gasteiger partial charge in [0.05, 0.1) is 6.61 Å². The Bertz CT molecular complexity index is 497. The molecular weight excluding hydrogens is 226 g/mol. The van der Waals surface area contributed by atoms with Crippen LogP contribution < -0.4 is 5.32 Å². The first kappa shape index (κ1) is 12.5.